The van der Waals surface area contributed by atoms with E-state index >= 15 is 0 Å². The number of aryl methyl sites for hydroxylation is 1. The lowest BCUT2D eigenvalue weighted by molar-refractivity contribution is -0.122. The van der Waals surface area contributed by atoms with Crippen LogP contribution in [0.5, 0.6) is 17.2 Å². The van der Waals surface area contributed by atoms with Crippen LogP contribution in [0.3, 0.4) is 0 Å². The van der Waals surface area contributed by atoms with E-state index in [1.807, 2.05) is 39.0 Å². The summed E-state index contributed by atoms with van der Waals surface area (Å²) >= 11 is 0. The SMILES string of the molecule is Cc1ccc2c(c1)C(NC(=O)CCCN(c1ccc3c(c1)OCCO3)S(C)(=O)=O)CC(C)(C)O2. The fourth-order valence-electron chi connectivity index (χ4n) is 4.43. The van der Waals surface area contributed by atoms with Crippen LogP contribution in [0.15, 0.2) is 36.4 Å². The number of nitrogens with zero attached hydrogens (tertiary/aromatic N) is 1. The second-order valence-corrected chi connectivity index (χ2v) is 11.4. The number of ether oxygens (including phenoxy) is 3. The predicted octanol–water partition coefficient (Wildman–Crippen LogP) is 3.73. The summed E-state index contributed by atoms with van der Waals surface area (Å²) in [6.07, 6.45) is 2.39. The number of sulfonamides is 1. The average molecular weight is 489 g/mol. The van der Waals surface area contributed by atoms with E-state index in [-0.39, 0.29) is 24.9 Å². The molecule has 2 aromatic rings. The molecule has 0 radical (unpaired) electrons. The van der Waals surface area contributed by atoms with Crippen molar-refractivity contribution in [1.29, 1.82) is 0 Å². The van der Waals surface area contributed by atoms with Crippen molar-refractivity contribution in [2.75, 3.05) is 30.3 Å². The largest absolute Gasteiger partial charge is 0.487 e. The number of hydrogen-bond donors (Lipinski definition) is 1. The van der Waals surface area contributed by atoms with E-state index in [0.717, 1.165) is 23.1 Å². The van der Waals surface area contributed by atoms with Gasteiger partial charge in [0.15, 0.2) is 11.5 Å². The molecular weight excluding hydrogens is 456 g/mol. The van der Waals surface area contributed by atoms with Crippen molar-refractivity contribution in [3.63, 3.8) is 0 Å². The van der Waals surface area contributed by atoms with Gasteiger partial charge in [-0.05, 0) is 45.4 Å². The summed E-state index contributed by atoms with van der Waals surface area (Å²) in [5, 5.41) is 3.13. The molecule has 1 atom stereocenters. The highest BCUT2D eigenvalue weighted by molar-refractivity contribution is 7.92. The summed E-state index contributed by atoms with van der Waals surface area (Å²) in [7, 11) is -3.54. The third kappa shape index (κ3) is 5.58. The number of carbonyl (C=O) groups excluding carboxylic acids is 1. The van der Waals surface area contributed by atoms with Crippen molar-refractivity contribution in [2.24, 2.45) is 0 Å². The summed E-state index contributed by atoms with van der Waals surface area (Å²) in [5.74, 6) is 1.78. The molecule has 9 heteroatoms. The monoisotopic (exact) mass is 488 g/mol. The van der Waals surface area contributed by atoms with Crippen LogP contribution in [0.4, 0.5) is 5.69 Å². The maximum atomic E-state index is 12.8. The highest BCUT2D eigenvalue weighted by Crippen LogP contribution is 2.40. The van der Waals surface area contributed by atoms with Gasteiger partial charge < -0.3 is 19.5 Å². The second-order valence-electron chi connectivity index (χ2n) is 9.49. The molecule has 0 aromatic heterocycles. The molecule has 34 heavy (non-hydrogen) atoms. The molecule has 0 aliphatic carbocycles. The van der Waals surface area contributed by atoms with Crippen LogP contribution in [-0.4, -0.2) is 45.9 Å². The van der Waals surface area contributed by atoms with Crippen molar-refractivity contribution < 1.29 is 27.4 Å². The summed E-state index contributed by atoms with van der Waals surface area (Å²) in [6, 6.07) is 10.9. The van der Waals surface area contributed by atoms with Crippen molar-refractivity contribution in [3.05, 3.63) is 47.5 Å². The zero-order valence-corrected chi connectivity index (χ0v) is 20.9. The van der Waals surface area contributed by atoms with Gasteiger partial charge in [-0.25, -0.2) is 8.42 Å². The quantitative estimate of drug-likeness (QED) is 0.638. The fraction of sp³-hybridized carbons (Fsp3) is 0.480. The minimum Gasteiger partial charge on any atom is -0.487 e. The molecule has 8 nitrogen and oxygen atoms in total. The zero-order valence-electron chi connectivity index (χ0n) is 20.1. The first-order chi connectivity index (χ1) is 16.0. The Hall–Kier alpha value is -2.94. The Balaban J connectivity index is 1.41. The van der Waals surface area contributed by atoms with Gasteiger partial charge in [-0.15, -0.1) is 0 Å². The fourth-order valence-corrected chi connectivity index (χ4v) is 5.38. The molecule has 0 spiro atoms. The average Bonchev–Trinajstić information content (AvgIpc) is 2.75. The van der Waals surface area contributed by atoms with E-state index in [1.54, 1.807) is 18.2 Å². The number of amides is 1. The van der Waals surface area contributed by atoms with Gasteiger partial charge in [0, 0.05) is 31.0 Å². The highest BCUT2D eigenvalue weighted by Gasteiger charge is 2.34. The Bertz CT molecular complexity index is 1180. The molecule has 2 aliphatic rings. The number of nitrogens with one attached hydrogen (secondary N) is 1. The molecule has 1 unspecified atom stereocenters. The summed E-state index contributed by atoms with van der Waals surface area (Å²) < 4.78 is 43.4. The number of carbonyl (C=O) groups is 1. The van der Waals surface area contributed by atoms with E-state index in [0.29, 0.717) is 43.2 Å². The number of fused-ring (bicyclic) bond motifs is 2. The van der Waals surface area contributed by atoms with Crippen LogP contribution in [0.25, 0.3) is 0 Å². The summed E-state index contributed by atoms with van der Waals surface area (Å²) in [6.45, 7) is 7.09. The van der Waals surface area contributed by atoms with Crippen LogP contribution in [0.2, 0.25) is 0 Å². The maximum Gasteiger partial charge on any atom is 0.232 e. The standard InChI is InChI=1S/C25H32N2O6S/c1-17-7-9-21-19(14-17)20(16-25(2,3)33-21)26-24(28)6-5-11-27(34(4,29)30)18-8-10-22-23(15-18)32-13-12-31-22/h7-10,14-15,20H,5-6,11-13,16H2,1-4H3,(H,26,28). The van der Waals surface area contributed by atoms with Crippen LogP contribution >= 0.6 is 0 Å². The van der Waals surface area contributed by atoms with Crippen molar-refractivity contribution >= 4 is 21.6 Å². The van der Waals surface area contributed by atoms with E-state index in [2.05, 4.69) is 5.32 Å². The Morgan fingerprint density at radius 2 is 1.79 bits per heavy atom. The van der Waals surface area contributed by atoms with Gasteiger partial charge in [0.1, 0.15) is 24.6 Å². The van der Waals surface area contributed by atoms with E-state index in [1.165, 1.54) is 4.31 Å². The van der Waals surface area contributed by atoms with Crippen LogP contribution in [0, 0.1) is 6.92 Å². The van der Waals surface area contributed by atoms with Gasteiger partial charge >= 0.3 is 0 Å². The molecule has 1 N–H and O–H groups in total. The van der Waals surface area contributed by atoms with E-state index in [4.69, 9.17) is 14.2 Å². The number of hydrogen-bond acceptors (Lipinski definition) is 6. The molecule has 4 rings (SSSR count). The van der Waals surface area contributed by atoms with Gasteiger partial charge in [-0.3, -0.25) is 9.10 Å². The van der Waals surface area contributed by atoms with Gasteiger partial charge in [-0.2, -0.15) is 0 Å². The van der Waals surface area contributed by atoms with E-state index < -0.39 is 15.6 Å². The lowest BCUT2D eigenvalue weighted by Crippen LogP contribution is -2.41. The molecule has 0 fully saturated rings. The summed E-state index contributed by atoms with van der Waals surface area (Å²) in [5.41, 5.74) is 2.17. The number of benzene rings is 2. The minimum absolute atomic E-state index is 0.120. The molecule has 0 bridgehead atoms. The first kappa shape index (κ1) is 24.2. The molecule has 1 amide bonds. The van der Waals surface area contributed by atoms with Gasteiger partial charge in [-0.1, -0.05) is 17.7 Å². The molecule has 2 aromatic carbocycles. The number of anilines is 1. The normalized spacial score (nSPS) is 18.4. The minimum atomic E-state index is -3.54. The molecule has 0 saturated heterocycles. The van der Waals surface area contributed by atoms with Crippen molar-refractivity contribution in [2.45, 2.75) is 51.7 Å². The Labute approximate surface area is 201 Å². The lowest BCUT2D eigenvalue weighted by Gasteiger charge is -2.38. The third-order valence-electron chi connectivity index (χ3n) is 5.94. The smallest absolute Gasteiger partial charge is 0.232 e. The first-order valence-corrected chi connectivity index (χ1v) is 13.3. The first-order valence-electron chi connectivity index (χ1n) is 11.5. The second kappa shape index (κ2) is 9.37. The van der Waals surface area contributed by atoms with E-state index in [9.17, 15) is 13.2 Å². The Morgan fingerprint density at radius 3 is 2.53 bits per heavy atom. The van der Waals surface area contributed by atoms with Crippen molar-refractivity contribution in [3.8, 4) is 17.2 Å². The molecule has 0 saturated carbocycles. The Morgan fingerprint density at radius 1 is 1.09 bits per heavy atom. The van der Waals surface area contributed by atoms with Crippen LogP contribution in [0.1, 0.15) is 50.3 Å². The van der Waals surface area contributed by atoms with Crippen LogP contribution < -0.4 is 23.8 Å². The predicted molar refractivity (Wildman–Crippen MR) is 130 cm³/mol. The summed E-state index contributed by atoms with van der Waals surface area (Å²) in [4.78, 5) is 12.8. The van der Waals surface area contributed by atoms with Gasteiger partial charge in [0.25, 0.3) is 0 Å². The molecule has 184 valence electrons. The van der Waals surface area contributed by atoms with Crippen molar-refractivity contribution in [1.82, 2.24) is 5.32 Å². The molecule has 2 heterocycles. The maximum absolute atomic E-state index is 12.8. The lowest BCUT2D eigenvalue weighted by atomic mass is 9.89. The van der Waals surface area contributed by atoms with Crippen LogP contribution in [-0.2, 0) is 14.8 Å². The Kier molecular flexibility index (Phi) is 6.66. The zero-order chi connectivity index (χ0) is 24.5. The molecular formula is C25H32N2O6S. The topological polar surface area (TPSA) is 94.2 Å². The van der Waals surface area contributed by atoms with Gasteiger partial charge in [0.05, 0.1) is 18.0 Å². The third-order valence-corrected chi connectivity index (χ3v) is 7.13. The number of rotatable bonds is 7. The molecule has 2 aliphatic heterocycles. The van der Waals surface area contributed by atoms with Gasteiger partial charge in [0.2, 0.25) is 15.9 Å². The highest BCUT2D eigenvalue weighted by atomic mass is 32.2.